The van der Waals surface area contributed by atoms with Gasteiger partial charge in [0.1, 0.15) is 5.00 Å². The highest BCUT2D eigenvalue weighted by Gasteiger charge is 2.19. The molecule has 29 heavy (non-hydrogen) atoms. The Morgan fingerprint density at radius 1 is 1.00 bits per heavy atom. The molecule has 4 rings (SSSR count). The maximum atomic E-state index is 13.2. The lowest BCUT2D eigenvalue weighted by molar-refractivity contribution is 0.0528. The van der Waals surface area contributed by atoms with Gasteiger partial charge in [-0.15, -0.1) is 11.3 Å². The van der Waals surface area contributed by atoms with Gasteiger partial charge in [-0.05, 0) is 30.5 Å². The van der Waals surface area contributed by atoms with Gasteiger partial charge in [-0.25, -0.2) is 9.78 Å². The molecule has 1 N–H and O–H groups in total. The molecule has 0 saturated heterocycles. The van der Waals surface area contributed by atoms with Crippen LogP contribution >= 0.6 is 11.3 Å². The Balaban J connectivity index is 1.75. The second-order valence-corrected chi connectivity index (χ2v) is 7.19. The number of pyridine rings is 1. The quantitative estimate of drug-likeness (QED) is 0.454. The van der Waals surface area contributed by atoms with E-state index in [9.17, 15) is 9.59 Å². The molecule has 2 heterocycles. The van der Waals surface area contributed by atoms with Crippen molar-refractivity contribution in [2.24, 2.45) is 0 Å². The molecule has 0 atom stereocenters. The van der Waals surface area contributed by atoms with E-state index < -0.39 is 5.97 Å². The fourth-order valence-electron chi connectivity index (χ4n) is 3.07. The lowest BCUT2D eigenvalue weighted by Crippen LogP contribution is -2.15. The first-order valence-electron chi connectivity index (χ1n) is 9.18. The second-order valence-electron chi connectivity index (χ2n) is 6.28. The standard InChI is InChI=1S/C23H18N2O3S/c1-2-28-23(27)17-12-13-29-22(17)25-21(26)18-14-20(15-8-4-3-5-9-15)24-19-11-7-6-10-16(18)19/h3-14H,2H2,1H3,(H,25,26). The summed E-state index contributed by atoms with van der Waals surface area (Å²) in [5.74, 6) is -0.748. The Kier molecular flexibility index (Phi) is 5.35. The number of amides is 1. The third-order valence-corrected chi connectivity index (χ3v) is 5.25. The number of hydrogen-bond acceptors (Lipinski definition) is 5. The van der Waals surface area contributed by atoms with Crippen LogP contribution in [0.2, 0.25) is 0 Å². The molecular formula is C23H18N2O3S. The van der Waals surface area contributed by atoms with Gasteiger partial charge in [-0.2, -0.15) is 0 Å². The number of nitrogens with one attached hydrogen (secondary N) is 1. The molecule has 0 fully saturated rings. The second kappa shape index (κ2) is 8.24. The molecule has 144 valence electrons. The highest BCUT2D eigenvalue weighted by molar-refractivity contribution is 7.14. The third kappa shape index (κ3) is 3.88. The summed E-state index contributed by atoms with van der Waals surface area (Å²) >= 11 is 1.28. The number of nitrogens with zero attached hydrogens (tertiary/aromatic N) is 1. The third-order valence-electron chi connectivity index (χ3n) is 4.42. The van der Waals surface area contributed by atoms with E-state index in [0.29, 0.717) is 21.8 Å². The number of carbonyl (C=O) groups excluding carboxylic acids is 2. The van der Waals surface area contributed by atoms with Gasteiger partial charge in [0.25, 0.3) is 5.91 Å². The number of rotatable bonds is 5. The van der Waals surface area contributed by atoms with Gasteiger partial charge in [-0.3, -0.25) is 4.79 Å². The van der Waals surface area contributed by atoms with Crippen LogP contribution in [0, 0.1) is 0 Å². The number of aromatic nitrogens is 1. The molecule has 0 radical (unpaired) electrons. The molecule has 0 aliphatic rings. The fourth-order valence-corrected chi connectivity index (χ4v) is 3.84. The number of ether oxygens (including phenoxy) is 1. The monoisotopic (exact) mass is 402 g/mol. The first kappa shape index (κ1) is 18.8. The zero-order valence-corrected chi connectivity index (χ0v) is 16.5. The van der Waals surface area contributed by atoms with Crippen LogP contribution < -0.4 is 5.32 Å². The molecular weight excluding hydrogens is 384 g/mol. The summed E-state index contributed by atoms with van der Waals surface area (Å²) in [6.45, 7) is 2.02. The van der Waals surface area contributed by atoms with Crippen molar-refractivity contribution in [1.82, 2.24) is 4.98 Å². The number of anilines is 1. The summed E-state index contributed by atoms with van der Waals surface area (Å²) in [4.78, 5) is 30.0. The number of esters is 1. The summed E-state index contributed by atoms with van der Waals surface area (Å²) < 4.78 is 5.07. The smallest absolute Gasteiger partial charge is 0.341 e. The Labute approximate surface area is 172 Å². The molecule has 0 spiro atoms. The summed E-state index contributed by atoms with van der Waals surface area (Å²) in [6.07, 6.45) is 0. The molecule has 0 unspecified atom stereocenters. The van der Waals surface area contributed by atoms with Crippen LogP contribution in [-0.2, 0) is 4.74 Å². The van der Waals surface area contributed by atoms with Crippen LogP contribution in [0.25, 0.3) is 22.2 Å². The number of hydrogen-bond donors (Lipinski definition) is 1. The van der Waals surface area contributed by atoms with E-state index in [2.05, 4.69) is 5.32 Å². The van der Waals surface area contributed by atoms with Crippen molar-refractivity contribution >= 4 is 39.1 Å². The number of para-hydroxylation sites is 1. The van der Waals surface area contributed by atoms with E-state index in [1.165, 1.54) is 11.3 Å². The topological polar surface area (TPSA) is 68.3 Å². The SMILES string of the molecule is CCOC(=O)c1ccsc1NC(=O)c1cc(-c2ccccc2)nc2ccccc12. The number of carbonyl (C=O) groups is 2. The average Bonchev–Trinajstić information content (AvgIpc) is 3.22. The van der Waals surface area contributed by atoms with E-state index in [-0.39, 0.29) is 12.5 Å². The van der Waals surface area contributed by atoms with Crippen LogP contribution in [0.3, 0.4) is 0 Å². The summed E-state index contributed by atoms with van der Waals surface area (Å²) in [7, 11) is 0. The van der Waals surface area contributed by atoms with Gasteiger partial charge in [0.15, 0.2) is 0 Å². The lowest BCUT2D eigenvalue weighted by Gasteiger charge is -2.11. The van der Waals surface area contributed by atoms with E-state index in [1.54, 1.807) is 24.4 Å². The number of thiophene rings is 1. The Morgan fingerprint density at radius 2 is 1.76 bits per heavy atom. The van der Waals surface area contributed by atoms with Crippen LogP contribution in [0.1, 0.15) is 27.6 Å². The minimum atomic E-state index is -0.450. The molecule has 2 aromatic carbocycles. The van der Waals surface area contributed by atoms with Crippen molar-refractivity contribution in [2.45, 2.75) is 6.92 Å². The highest BCUT2D eigenvalue weighted by atomic mass is 32.1. The van der Waals surface area contributed by atoms with E-state index in [0.717, 1.165) is 16.5 Å². The summed E-state index contributed by atoms with van der Waals surface area (Å²) in [5.41, 5.74) is 3.22. The molecule has 0 aliphatic carbocycles. The maximum Gasteiger partial charge on any atom is 0.341 e. The molecule has 0 saturated carbocycles. The largest absolute Gasteiger partial charge is 0.462 e. The molecule has 4 aromatic rings. The minimum Gasteiger partial charge on any atom is -0.462 e. The van der Waals surface area contributed by atoms with Gasteiger partial charge in [0.05, 0.1) is 28.9 Å². The number of benzene rings is 2. The maximum absolute atomic E-state index is 13.2. The van der Waals surface area contributed by atoms with Gasteiger partial charge in [0.2, 0.25) is 0 Å². The Hall–Kier alpha value is -3.51. The zero-order chi connectivity index (χ0) is 20.2. The Morgan fingerprint density at radius 3 is 2.55 bits per heavy atom. The Bertz CT molecular complexity index is 1190. The van der Waals surface area contributed by atoms with Crippen LogP contribution in [-0.4, -0.2) is 23.5 Å². The molecule has 5 nitrogen and oxygen atoms in total. The normalized spacial score (nSPS) is 10.7. The molecule has 0 aliphatic heterocycles. The van der Waals surface area contributed by atoms with E-state index >= 15 is 0 Å². The zero-order valence-electron chi connectivity index (χ0n) is 15.7. The minimum absolute atomic E-state index is 0.275. The van der Waals surface area contributed by atoms with E-state index in [4.69, 9.17) is 9.72 Å². The summed E-state index contributed by atoms with van der Waals surface area (Å²) in [5, 5.41) is 5.84. The van der Waals surface area contributed by atoms with Crippen molar-refractivity contribution < 1.29 is 14.3 Å². The molecule has 1 amide bonds. The van der Waals surface area contributed by atoms with Gasteiger partial charge in [0, 0.05) is 10.9 Å². The highest BCUT2D eigenvalue weighted by Crippen LogP contribution is 2.28. The summed E-state index contributed by atoms with van der Waals surface area (Å²) in [6, 6.07) is 20.7. The van der Waals surface area contributed by atoms with Crippen LogP contribution in [0.15, 0.2) is 72.1 Å². The van der Waals surface area contributed by atoms with Crippen molar-refractivity contribution in [1.29, 1.82) is 0 Å². The lowest BCUT2D eigenvalue weighted by atomic mass is 10.0. The van der Waals surface area contributed by atoms with Crippen molar-refractivity contribution in [3.05, 3.63) is 83.2 Å². The predicted molar refractivity (Wildman–Crippen MR) is 115 cm³/mol. The van der Waals surface area contributed by atoms with Gasteiger partial charge in [-0.1, -0.05) is 48.5 Å². The molecule has 6 heteroatoms. The average molecular weight is 402 g/mol. The van der Waals surface area contributed by atoms with E-state index in [1.807, 2.05) is 54.6 Å². The first-order chi connectivity index (χ1) is 14.2. The first-order valence-corrected chi connectivity index (χ1v) is 10.1. The van der Waals surface area contributed by atoms with Gasteiger partial charge < -0.3 is 10.1 Å². The predicted octanol–water partition coefficient (Wildman–Crippen LogP) is 5.39. The number of fused-ring (bicyclic) bond motifs is 1. The van der Waals surface area contributed by atoms with Crippen LogP contribution in [0.4, 0.5) is 5.00 Å². The van der Waals surface area contributed by atoms with Gasteiger partial charge >= 0.3 is 5.97 Å². The van der Waals surface area contributed by atoms with Crippen molar-refractivity contribution in [2.75, 3.05) is 11.9 Å². The fraction of sp³-hybridized carbons (Fsp3) is 0.0870. The molecule has 2 aromatic heterocycles. The van der Waals surface area contributed by atoms with Crippen LogP contribution in [0.5, 0.6) is 0 Å². The van der Waals surface area contributed by atoms with Crippen molar-refractivity contribution in [3.63, 3.8) is 0 Å². The van der Waals surface area contributed by atoms with Crippen molar-refractivity contribution in [3.8, 4) is 11.3 Å². The molecule has 0 bridgehead atoms.